The van der Waals surface area contributed by atoms with E-state index in [0.29, 0.717) is 6.04 Å². The van der Waals surface area contributed by atoms with Crippen LogP contribution in [-0.4, -0.2) is 42.0 Å². The number of nitrogens with one attached hydrogen (secondary N) is 1. The summed E-state index contributed by atoms with van der Waals surface area (Å²) in [5.74, 6) is 0.815. The van der Waals surface area contributed by atoms with E-state index >= 15 is 0 Å². The fourth-order valence-electron chi connectivity index (χ4n) is 3.52. The van der Waals surface area contributed by atoms with Gasteiger partial charge in [0.25, 0.3) is 0 Å². The lowest BCUT2D eigenvalue weighted by atomic mass is 9.81. The lowest BCUT2D eigenvalue weighted by molar-refractivity contribution is -0.128. The summed E-state index contributed by atoms with van der Waals surface area (Å²) in [5, 5.41) is 3.21. The van der Waals surface area contributed by atoms with Crippen molar-refractivity contribution in [3.8, 4) is 0 Å². The van der Waals surface area contributed by atoms with Gasteiger partial charge in [-0.3, -0.25) is 4.79 Å². The minimum Gasteiger partial charge on any atom is -0.352 e. The highest BCUT2D eigenvalue weighted by atomic mass is 35.5. The molecule has 1 heterocycles. The normalized spacial score (nSPS) is 22.5. The third-order valence-corrected chi connectivity index (χ3v) is 4.74. The third-order valence-electron chi connectivity index (χ3n) is 4.74. The van der Waals surface area contributed by atoms with E-state index < -0.39 is 5.54 Å². The number of hydrogen-bond donors (Lipinski definition) is 2. The molecule has 0 aromatic carbocycles. The van der Waals surface area contributed by atoms with Gasteiger partial charge in [-0.25, -0.2) is 0 Å². The quantitative estimate of drug-likeness (QED) is 0.816. The molecule has 0 aromatic rings. The summed E-state index contributed by atoms with van der Waals surface area (Å²) in [6.45, 7) is 7.88. The Morgan fingerprint density at radius 1 is 1.18 bits per heavy atom. The first-order valence-electron chi connectivity index (χ1n) is 8.32. The van der Waals surface area contributed by atoms with Crippen molar-refractivity contribution in [3.05, 3.63) is 0 Å². The Kier molecular flexibility index (Phi) is 9.95. The van der Waals surface area contributed by atoms with E-state index in [9.17, 15) is 4.79 Å². The predicted molar refractivity (Wildman–Crippen MR) is 96.9 cm³/mol. The molecule has 0 unspecified atom stereocenters. The van der Waals surface area contributed by atoms with Gasteiger partial charge in [0.2, 0.25) is 5.91 Å². The Morgan fingerprint density at radius 3 is 2.23 bits per heavy atom. The minimum atomic E-state index is -0.590. The second kappa shape index (κ2) is 9.96. The van der Waals surface area contributed by atoms with Gasteiger partial charge < -0.3 is 16.0 Å². The van der Waals surface area contributed by atoms with Crippen molar-refractivity contribution in [3.63, 3.8) is 0 Å². The first kappa shape index (κ1) is 22.0. The van der Waals surface area contributed by atoms with E-state index in [-0.39, 0.29) is 30.7 Å². The average Bonchev–Trinajstić information content (AvgIpc) is 2.41. The SMILES string of the molecule is CC(C)CN1CCC(NC(=O)C2(N)CCCCC2)CC1.Cl.Cl. The first-order chi connectivity index (χ1) is 9.49. The molecule has 3 N–H and O–H groups in total. The molecule has 2 aliphatic rings. The Balaban J connectivity index is 0.00000220. The highest BCUT2D eigenvalue weighted by Crippen LogP contribution is 2.26. The van der Waals surface area contributed by atoms with Crippen molar-refractivity contribution in [1.29, 1.82) is 0 Å². The van der Waals surface area contributed by atoms with Gasteiger partial charge in [0.05, 0.1) is 5.54 Å². The van der Waals surface area contributed by atoms with E-state index in [0.717, 1.165) is 57.5 Å². The molecule has 1 aliphatic carbocycles. The van der Waals surface area contributed by atoms with Crippen LogP contribution in [0, 0.1) is 5.92 Å². The molecule has 22 heavy (non-hydrogen) atoms. The average molecular weight is 354 g/mol. The molecule has 1 saturated carbocycles. The Hall–Kier alpha value is -0.0300. The maximum atomic E-state index is 12.4. The van der Waals surface area contributed by atoms with Crippen molar-refractivity contribution in [2.24, 2.45) is 11.7 Å². The number of carbonyl (C=O) groups excluding carboxylic acids is 1. The van der Waals surface area contributed by atoms with Crippen LogP contribution in [0.1, 0.15) is 58.8 Å². The molecule has 4 nitrogen and oxygen atoms in total. The van der Waals surface area contributed by atoms with Gasteiger partial charge in [0.15, 0.2) is 0 Å². The van der Waals surface area contributed by atoms with Crippen molar-refractivity contribution in [1.82, 2.24) is 10.2 Å². The summed E-state index contributed by atoms with van der Waals surface area (Å²) in [7, 11) is 0. The number of amides is 1. The van der Waals surface area contributed by atoms with Gasteiger partial charge in [0.1, 0.15) is 0 Å². The van der Waals surface area contributed by atoms with E-state index in [1.54, 1.807) is 0 Å². The molecule has 0 bridgehead atoms. The molecule has 0 radical (unpaired) electrons. The third kappa shape index (κ3) is 6.23. The number of rotatable bonds is 4. The molecule has 0 atom stereocenters. The van der Waals surface area contributed by atoms with Gasteiger partial charge in [-0.05, 0) is 31.6 Å². The largest absolute Gasteiger partial charge is 0.352 e. The monoisotopic (exact) mass is 353 g/mol. The Morgan fingerprint density at radius 2 is 1.73 bits per heavy atom. The molecule has 1 saturated heterocycles. The first-order valence-corrected chi connectivity index (χ1v) is 8.32. The zero-order valence-electron chi connectivity index (χ0n) is 14.0. The van der Waals surface area contributed by atoms with Gasteiger partial charge >= 0.3 is 0 Å². The molecule has 6 heteroatoms. The van der Waals surface area contributed by atoms with Gasteiger partial charge in [-0.1, -0.05) is 33.1 Å². The van der Waals surface area contributed by atoms with E-state index in [4.69, 9.17) is 5.73 Å². The number of hydrogen-bond acceptors (Lipinski definition) is 3. The summed E-state index contributed by atoms with van der Waals surface area (Å²) in [6, 6.07) is 0.327. The van der Waals surface area contributed by atoms with Crippen molar-refractivity contribution >= 4 is 30.7 Å². The minimum absolute atomic E-state index is 0. The summed E-state index contributed by atoms with van der Waals surface area (Å²) >= 11 is 0. The molecule has 2 fully saturated rings. The molecule has 132 valence electrons. The summed E-state index contributed by atoms with van der Waals surface area (Å²) in [4.78, 5) is 14.9. The standard InChI is InChI=1S/C16H31N3O.2ClH/c1-13(2)12-19-10-6-14(7-11-19)18-15(20)16(17)8-4-3-5-9-16;;/h13-14H,3-12,17H2,1-2H3,(H,18,20);2*1H. The molecule has 1 amide bonds. The molecule has 2 rings (SSSR count). The van der Waals surface area contributed by atoms with Crippen LogP contribution >= 0.6 is 24.8 Å². The number of halogens is 2. The summed E-state index contributed by atoms with van der Waals surface area (Å²) < 4.78 is 0. The molecule has 1 aliphatic heterocycles. The van der Waals surface area contributed by atoms with Gasteiger partial charge in [-0.2, -0.15) is 0 Å². The number of nitrogens with zero attached hydrogens (tertiary/aromatic N) is 1. The predicted octanol–water partition coefficient (Wildman–Crippen LogP) is 2.73. The Bertz CT molecular complexity index is 325. The Labute approximate surface area is 147 Å². The van der Waals surface area contributed by atoms with Crippen molar-refractivity contribution < 1.29 is 4.79 Å². The lowest BCUT2D eigenvalue weighted by Crippen LogP contribution is -2.58. The van der Waals surface area contributed by atoms with Crippen LogP contribution in [0.3, 0.4) is 0 Å². The zero-order valence-corrected chi connectivity index (χ0v) is 15.6. The molecular weight excluding hydrogens is 321 g/mol. The fourth-order valence-corrected chi connectivity index (χ4v) is 3.52. The number of likely N-dealkylation sites (tertiary alicyclic amines) is 1. The maximum Gasteiger partial charge on any atom is 0.240 e. The number of carbonyl (C=O) groups is 1. The highest BCUT2D eigenvalue weighted by molar-refractivity contribution is 5.86. The number of nitrogens with two attached hydrogens (primary N) is 1. The smallest absolute Gasteiger partial charge is 0.240 e. The van der Waals surface area contributed by atoms with Crippen molar-refractivity contribution in [2.75, 3.05) is 19.6 Å². The van der Waals surface area contributed by atoms with E-state index in [1.807, 2.05) is 0 Å². The molecular formula is C16H33Cl2N3O. The van der Waals surface area contributed by atoms with Crippen LogP contribution in [0.25, 0.3) is 0 Å². The van der Waals surface area contributed by atoms with Crippen LogP contribution in [0.4, 0.5) is 0 Å². The second-order valence-corrected chi connectivity index (χ2v) is 7.16. The van der Waals surface area contributed by atoms with Crippen LogP contribution in [0.15, 0.2) is 0 Å². The van der Waals surface area contributed by atoms with Crippen LogP contribution in [0.2, 0.25) is 0 Å². The molecule has 0 spiro atoms. The van der Waals surface area contributed by atoms with Crippen LogP contribution < -0.4 is 11.1 Å². The van der Waals surface area contributed by atoms with Crippen LogP contribution in [-0.2, 0) is 4.79 Å². The fraction of sp³-hybridized carbons (Fsp3) is 0.938. The van der Waals surface area contributed by atoms with Gasteiger partial charge in [0, 0.05) is 25.7 Å². The molecule has 0 aromatic heterocycles. The number of piperidine rings is 1. The van der Waals surface area contributed by atoms with Crippen LogP contribution in [0.5, 0.6) is 0 Å². The summed E-state index contributed by atoms with van der Waals surface area (Å²) in [5.41, 5.74) is 5.70. The van der Waals surface area contributed by atoms with Crippen molar-refractivity contribution in [2.45, 2.75) is 70.4 Å². The van der Waals surface area contributed by atoms with Gasteiger partial charge in [-0.15, -0.1) is 24.8 Å². The van der Waals surface area contributed by atoms with E-state index in [1.165, 1.54) is 13.0 Å². The zero-order chi connectivity index (χ0) is 14.6. The highest BCUT2D eigenvalue weighted by Gasteiger charge is 2.36. The topological polar surface area (TPSA) is 58.4 Å². The maximum absolute atomic E-state index is 12.4. The lowest BCUT2D eigenvalue weighted by Gasteiger charge is -2.37. The second-order valence-electron chi connectivity index (χ2n) is 7.16. The summed E-state index contributed by atoms with van der Waals surface area (Å²) in [6.07, 6.45) is 7.24. The van der Waals surface area contributed by atoms with E-state index in [2.05, 4.69) is 24.1 Å².